The molecule has 18 heavy (non-hydrogen) atoms. The molecule has 0 aromatic heterocycles. The lowest BCUT2D eigenvalue weighted by Gasteiger charge is -2.16. The normalized spacial score (nSPS) is 12.2. The first-order valence-electron chi connectivity index (χ1n) is 5.86. The van der Waals surface area contributed by atoms with Gasteiger partial charge in [-0.1, -0.05) is 0 Å². The van der Waals surface area contributed by atoms with Crippen molar-refractivity contribution in [2.24, 2.45) is 0 Å². The summed E-state index contributed by atoms with van der Waals surface area (Å²) in [5.74, 6) is 0.125. The number of carbonyl (C=O) groups is 1. The Labute approximate surface area is 107 Å². The first kappa shape index (κ1) is 14.3. The van der Waals surface area contributed by atoms with Gasteiger partial charge in [-0.2, -0.15) is 0 Å². The number of hydrogen-bond donors (Lipinski definition) is 3. The van der Waals surface area contributed by atoms with E-state index in [0.29, 0.717) is 13.0 Å². The summed E-state index contributed by atoms with van der Waals surface area (Å²) in [7, 11) is 3.44. The van der Waals surface area contributed by atoms with Gasteiger partial charge in [0.25, 0.3) is 0 Å². The van der Waals surface area contributed by atoms with E-state index in [0.717, 1.165) is 5.56 Å². The minimum atomic E-state index is -0.0436. The van der Waals surface area contributed by atoms with Crippen molar-refractivity contribution in [3.8, 4) is 11.5 Å². The number of amides is 1. The van der Waals surface area contributed by atoms with E-state index in [9.17, 15) is 15.0 Å². The first-order chi connectivity index (χ1) is 8.40. The van der Waals surface area contributed by atoms with Gasteiger partial charge in [0, 0.05) is 39.2 Å². The number of rotatable bonds is 5. The Morgan fingerprint density at radius 2 is 1.83 bits per heavy atom. The number of benzene rings is 1. The van der Waals surface area contributed by atoms with E-state index in [1.54, 1.807) is 31.1 Å². The Kier molecular flexibility index (Phi) is 4.97. The third-order valence-corrected chi connectivity index (χ3v) is 2.71. The molecule has 0 fully saturated rings. The molecule has 0 heterocycles. The zero-order valence-corrected chi connectivity index (χ0v) is 11.0. The topological polar surface area (TPSA) is 72.8 Å². The smallest absolute Gasteiger partial charge is 0.223 e. The van der Waals surface area contributed by atoms with Gasteiger partial charge in [0.05, 0.1) is 0 Å². The van der Waals surface area contributed by atoms with E-state index in [-0.39, 0.29) is 23.4 Å². The van der Waals surface area contributed by atoms with E-state index in [2.05, 4.69) is 5.32 Å². The fourth-order valence-corrected chi connectivity index (χ4v) is 1.61. The van der Waals surface area contributed by atoms with Crippen molar-refractivity contribution in [3.05, 3.63) is 23.8 Å². The summed E-state index contributed by atoms with van der Waals surface area (Å²) in [5.41, 5.74) is 0.782. The fraction of sp³-hybridized carbons (Fsp3) is 0.462. The minimum Gasteiger partial charge on any atom is -0.508 e. The Morgan fingerprint density at radius 1 is 1.28 bits per heavy atom. The van der Waals surface area contributed by atoms with E-state index in [1.165, 1.54) is 6.07 Å². The summed E-state index contributed by atoms with van der Waals surface area (Å²) in [4.78, 5) is 12.9. The van der Waals surface area contributed by atoms with Crippen LogP contribution in [0.5, 0.6) is 11.5 Å². The van der Waals surface area contributed by atoms with Crippen molar-refractivity contribution in [3.63, 3.8) is 0 Å². The van der Waals surface area contributed by atoms with Crippen LogP contribution in [0.1, 0.15) is 24.9 Å². The quantitative estimate of drug-likeness (QED) is 0.737. The number of nitrogens with one attached hydrogen (secondary N) is 1. The molecular formula is C13H20N2O3. The van der Waals surface area contributed by atoms with E-state index < -0.39 is 0 Å². The summed E-state index contributed by atoms with van der Waals surface area (Å²) in [6.07, 6.45) is 0.419. The molecule has 0 radical (unpaired) electrons. The van der Waals surface area contributed by atoms with Crippen molar-refractivity contribution in [2.45, 2.75) is 19.4 Å². The number of phenolic OH excluding ortho intramolecular Hbond substituents is 2. The highest BCUT2D eigenvalue weighted by molar-refractivity contribution is 5.75. The van der Waals surface area contributed by atoms with Gasteiger partial charge in [-0.3, -0.25) is 4.79 Å². The number of nitrogens with zero attached hydrogens (tertiary/aromatic N) is 1. The van der Waals surface area contributed by atoms with Crippen molar-refractivity contribution in [1.82, 2.24) is 10.2 Å². The van der Waals surface area contributed by atoms with Crippen LogP contribution in [-0.2, 0) is 4.79 Å². The third-order valence-electron chi connectivity index (χ3n) is 2.71. The van der Waals surface area contributed by atoms with Gasteiger partial charge in [0.1, 0.15) is 11.5 Å². The average Bonchev–Trinajstić information content (AvgIpc) is 2.27. The largest absolute Gasteiger partial charge is 0.508 e. The zero-order valence-electron chi connectivity index (χ0n) is 11.0. The van der Waals surface area contributed by atoms with Crippen LogP contribution in [-0.4, -0.2) is 41.7 Å². The Hall–Kier alpha value is -1.75. The molecule has 0 saturated heterocycles. The molecule has 5 heteroatoms. The molecule has 1 rings (SSSR count). The molecule has 0 aliphatic rings. The van der Waals surface area contributed by atoms with Crippen molar-refractivity contribution >= 4 is 5.91 Å². The van der Waals surface area contributed by atoms with E-state index >= 15 is 0 Å². The van der Waals surface area contributed by atoms with Crippen molar-refractivity contribution in [2.75, 3.05) is 20.6 Å². The molecular weight excluding hydrogens is 232 g/mol. The molecule has 0 bridgehead atoms. The molecule has 5 nitrogen and oxygen atoms in total. The molecule has 1 aromatic carbocycles. The first-order valence-corrected chi connectivity index (χ1v) is 5.86. The van der Waals surface area contributed by atoms with Gasteiger partial charge in [0.15, 0.2) is 0 Å². The molecule has 0 aliphatic carbocycles. The average molecular weight is 252 g/mol. The van der Waals surface area contributed by atoms with Gasteiger partial charge in [-0.15, -0.1) is 0 Å². The lowest BCUT2D eigenvalue weighted by Crippen LogP contribution is -2.28. The van der Waals surface area contributed by atoms with Gasteiger partial charge in [0.2, 0.25) is 5.91 Å². The lowest BCUT2D eigenvalue weighted by molar-refractivity contribution is -0.128. The SMILES string of the molecule is CC(NCCC(=O)N(C)C)c1cc(O)cc(O)c1. The summed E-state index contributed by atoms with van der Waals surface area (Å²) in [5, 5.41) is 21.9. The predicted octanol–water partition coefficient (Wildman–Crippen LogP) is 1.23. The maximum Gasteiger partial charge on any atom is 0.223 e. The van der Waals surface area contributed by atoms with Crippen molar-refractivity contribution in [1.29, 1.82) is 0 Å². The van der Waals surface area contributed by atoms with Crippen LogP contribution >= 0.6 is 0 Å². The Balaban J connectivity index is 2.50. The van der Waals surface area contributed by atoms with Crippen LogP contribution in [0.25, 0.3) is 0 Å². The minimum absolute atomic E-state index is 0.0306. The number of aromatic hydroxyl groups is 2. The summed E-state index contributed by atoms with van der Waals surface area (Å²) < 4.78 is 0. The van der Waals surface area contributed by atoms with Gasteiger partial charge in [-0.05, 0) is 24.6 Å². The predicted molar refractivity (Wildman–Crippen MR) is 69.5 cm³/mol. The van der Waals surface area contributed by atoms with Crippen LogP contribution in [0.2, 0.25) is 0 Å². The van der Waals surface area contributed by atoms with E-state index in [4.69, 9.17) is 0 Å². The fourth-order valence-electron chi connectivity index (χ4n) is 1.61. The van der Waals surface area contributed by atoms with Crippen LogP contribution in [0.15, 0.2) is 18.2 Å². The highest BCUT2D eigenvalue weighted by Crippen LogP contribution is 2.24. The van der Waals surface area contributed by atoms with Crippen LogP contribution in [0, 0.1) is 0 Å². The second-order valence-electron chi connectivity index (χ2n) is 4.50. The number of carbonyl (C=O) groups excluding carboxylic acids is 1. The molecule has 0 spiro atoms. The maximum atomic E-state index is 11.4. The molecule has 1 atom stereocenters. The maximum absolute atomic E-state index is 11.4. The van der Waals surface area contributed by atoms with Crippen LogP contribution in [0.4, 0.5) is 0 Å². The van der Waals surface area contributed by atoms with Crippen LogP contribution < -0.4 is 5.32 Å². The Bertz CT molecular complexity index is 398. The molecule has 1 unspecified atom stereocenters. The highest BCUT2D eigenvalue weighted by atomic mass is 16.3. The highest BCUT2D eigenvalue weighted by Gasteiger charge is 2.09. The molecule has 0 saturated carbocycles. The molecule has 3 N–H and O–H groups in total. The van der Waals surface area contributed by atoms with Gasteiger partial charge >= 0.3 is 0 Å². The summed E-state index contributed by atoms with van der Waals surface area (Å²) >= 11 is 0. The van der Waals surface area contributed by atoms with E-state index in [1.807, 2.05) is 6.92 Å². The second-order valence-corrected chi connectivity index (χ2v) is 4.50. The summed E-state index contributed by atoms with van der Waals surface area (Å²) in [6.45, 7) is 2.46. The summed E-state index contributed by atoms with van der Waals surface area (Å²) in [6, 6.07) is 4.42. The third kappa shape index (κ3) is 4.25. The molecule has 1 amide bonds. The Morgan fingerprint density at radius 3 is 2.33 bits per heavy atom. The monoisotopic (exact) mass is 252 g/mol. The zero-order chi connectivity index (χ0) is 13.7. The lowest BCUT2D eigenvalue weighted by atomic mass is 10.1. The molecule has 0 aliphatic heterocycles. The van der Waals surface area contributed by atoms with Gasteiger partial charge < -0.3 is 20.4 Å². The van der Waals surface area contributed by atoms with Crippen LogP contribution in [0.3, 0.4) is 0 Å². The number of phenols is 2. The second kappa shape index (κ2) is 6.26. The van der Waals surface area contributed by atoms with Crippen molar-refractivity contribution < 1.29 is 15.0 Å². The molecule has 1 aromatic rings. The number of hydrogen-bond acceptors (Lipinski definition) is 4. The van der Waals surface area contributed by atoms with Gasteiger partial charge in [-0.25, -0.2) is 0 Å². The standard InChI is InChI=1S/C13H20N2O3/c1-9(14-5-4-13(18)15(2)3)10-6-11(16)8-12(17)7-10/h6-9,14,16-17H,4-5H2,1-3H3. The molecule has 100 valence electrons.